The molecule has 2 aromatic carbocycles. The molecule has 12 nitrogen and oxygen atoms in total. The van der Waals surface area contributed by atoms with Gasteiger partial charge < -0.3 is 54.3 Å². The minimum absolute atomic E-state index is 0.0341. The van der Waals surface area contributed by atoms with Gasteiger partial charge in [0.2, 0.25) is 6.29 Å². The Labute approximate surface area is 271 Å². The van der Waals surface area contributed by atoms with Crippen molar-refractivity contribution in [2.75, 3.05) is 45.4 Å². The van der Waals surface area contributed by atoms with E-state index in [1.54, 1.807) is 22.9 Å². The van der Waals surface area contributed by atoms with E-state index in [1.807, 2.05) is 10.8 Å². The predicted molar refractivity (Wildman–Crippen MR) is 170 cm³/mol. The molecular weight excluding hydrogens is 628 g/mol. The average Bonchev–Trinajstić information content (AvgIpc) is 2.99. The molecule has 0 amide bonds. The van der Waals surface area contributed by atoms with Crippen molar-refractivity contribution in [2.24, 2.45) is 0 Å². The number of aromatic hydroxyl groups is 2. The van der Waals surface area contributed by atoms with Gasteiger partial charge in [0, 0.05) is 29.1 Å². The summed E-state index contributed by atoms with van der Waals surface area (Å²) in [6.45, 7) is 7.54. The number of ether oxygens (including phenoxy) is 5. The fraction of sp³-hybridized carbons (Fsp3) is 0.581. The van der Waals surface area contributed by atoms with Gasteiger partial charge in [-0.05, 0) is 24.1 Å². The van der Waals surface area contributed by atoms with Crippen molar-refractivity contribution in [3.05, 3.63) is 47.5 Å². The van der Waals surface area contributed by atoms with Gasteiger partial charge in [0.15, 0.2) is 5.78 Å². The zero-order chi connectivity index (χ0) is 33.0. The van der Waals surface area contributed by atoms with Gasteiger partial charge in [-0.1, -0.05) is 54.5 Å². The zero-order valence-corrected chi connectivity index (χ0v) is 27.3. The second-order valence-electron chi connectivity index (χ2n) is 11.3. The molecule has 1 aliphatic heterocycles. The molecule has 45 heavy (non-hydrogen) atoms. The number of rotatable bonds is 18. The summed E-state index contributed by atoms with van der Waals surface area (Å²) >= 11 is 0. The average molecular weight is 673 g/mol. The van der Waals surface area contributed by atoms with Gasteiger partial charge in [-0.2, -0.15) is 0 Å². The Morgan fingerprint density at radius 2 is 1.58 bits per heavy atom. The van der Waals surface area contributed by atoms with E-state index in [9.17, 15) is 35.4 Å². The van der Waals surface area contributed by atoms with Crippen molar-refractivity contribution in [1.82, 2.24) is 0 Å². The highest BCUT2D eigenvalue weighted by molar-refractivity contribution is 8.77. The number of benzene rings is 2. The summed E-state index contributed by atoms with van der Waals surface area (Å²) in [4.78, 5) is 13.3. The van der Waals surface area contributed by atoms with Gasteiger partial charge in [-0.25, -0.2) is 0 Å². The van der Waals surface area contributed by atoms with Crippen molar-refractivity contribution >= 4 is 27.4 Å². The first-order valence-corrected chi connectivity index (χ1v) is 17.0. The van der Waals surface area contributed by atoms with Gasteiger partial charge in [0.1, 0.15) is 59.6 Å². The molecule has 0 radical (unpaired) electrons. The molecule has 1 fully saturated rings. The number of phenols is 2. The highest BCUT2D eigenvalue weighted by Gasteiger charge is 2.45. The lowest BCUT2D eigenvalue weighted by molar-refractivity contribution is -0.277. The monoisotopic (exact) mass is 672 g/mol. The Bertz CT molecular complexity index is 1190. The maximum Gasteiger partial charge on any atom is 0.229 e. The van der Waals surface area contributed by atoms with Crippen molar-refractivity contribution in [2.45, 2.75) is 69.1 Å². The van der Waals surface area contributed by atoms with Crippen LogP contribution in [0.1, 0.15) is 43.1 Å². The second-order valence-corrected chi connectivity index (χ2v) is 14.6. The highest BCUT2D eigenvalue weighted by Crippen LogP contribution is 2.37. The first-order chi connectivity index (χ1) is 21.4. The van der Waals surface area contributed by atoms with E-state index >= 15 is 0 Å². The first kappa shape index (κ1) is 37.2. The lowest BCUT2D eigenvalue weighted by Gasteiger charge is -2.39. The lowest BCUT2D eigenvalue weighted by atomic mass is 9.99. The van der Waals surface area contributed by atoms with Crippen molar-refractivity contribution in [3.8, 4) is 23.0 Å². The number of carbonyl (C=O) groups is 1. The van der Waals surface area contributed by atoms with Crippen LogP contribution in [0.5, 0.6) is 23.0 Å². The third-order valence-electron chi connectivity index (χ3n) is 6.49. The molecule has 0 spiro atoms. The van der Waals surface area contributed by atoms with Crippen LogP contribution < -0.4 is 9.47 Å². The zero-order valence-electron chi connectivity index (χ0n) is 25.7. The number of hydrogen-bond donors (Lipinski definition) is 6. The standard InChI is InChI=1S/C31H44O12S2/c1-31(2,3)45-44-15-14-40-11-10-39-12-13-41-21-16-23(35)26(22(34)9-6-19-4-7-20(33)8-5-19)24(17-21)42-30-29(38)28(37)27(36)25(18-32)43-30/h4-5,7-8,16-17,25,27-30,32-33,35-38H,6,9-15,18H2,1-3H3/t25?,27-,28+,29+,30?/m1/s1. The molecule has 5 atom stereocenters. The third-order valence-corrected chi connectivity index (χ3v) is 9.80. The molecule has 0 aliphatic carbocycles. The van der Waals surface area contributed by atoms with E-state index in [0.29, 0.717) is 26.2 Å². The molecule has 2 aromatic rings. The van der Waals surface area contributed by atoms with Gasteiger partial charge in [-0.3, -0.25) is 4.79 Å². The van der Waals surface area contributed by atoms with Crippen LogP contribution in [0, 0.1) is 0 Å². The number of ketones is 1. The fourth-order valence-electron chi connectivity index (χ4n) is 4.22. The van der Waals surface area contributed by atoms with E-state index in [2.05, 4.69) is 20.8 Å². The predicted octanol–water partition coefficient (Wildman–Crippen LogP) is 2.68. The molecule has 1 aliphatic rings. The smallest absolute Gasteiger partial charge is 0.229 e. The van der Waals surface area contributed by atoms with Crippen LogP contribution >= 0.6 is 21.6 Å². The maximum atomic E-state index is 13.3. The third kappa shape index (κ3) is 12.1. The molecular formula is C31H44O12S2. The molecule has 0 aromatic heterocycles. The molecule has 2 unspecified atom stereocenters. The SMILES string of the molecule is CC(C)(C)SSCCOCCOCCOc1cc(O)c(C(=O)CCc2ccc(O)cc2)c(OC2OC(CO)[C@@H](O)[C@H](O)[C@@H]2O)c1. The van der Waals surface area contributed by atoms with Crippen LogP contribution in [0.25, 0.3) is 0 Å². The first-order valence-electron chi connectivity index (χ1n) is 14.6. The summed E-state index contributed by atoms with van der Waals surface area (Å²) in [6.07, 6.45) is -7.61. The molecule has 0 bridgehead atoms. The number of aliphatic hydroxyl groups is 4. The van der Waals surface area contributed by atoms with Gasteiger partial charge in [-0.15, -0.1) is 0 Å². The minimum Gasteiger partial charge on any atom is -0.508 e. The quantitative estimate of drug-likeness (QED) is 0.0772. The minimum atomic E-state index is -1.74. The van der Waals surface area contributed by atoms with Crippen LogP contribution in [-0.2, 0) is 20.6 Å². The van der Waals surface area contributed by atoms with Gasteiger partial charge >= 0.3 is 0 Å². The number of Topliss-reactive ketones (excluding diaryl/α,β-unsaturated/α-hetero) is 1. The Hall–Kier alpha value is -2.27. The number of carbonyl (C=O) groups excluding carboxylic acids is 1. The van der Waals surface area contributed by atoms with Crippen LogP contribution in [0.2, 0.25) is 0 Å². The molecule has 1 saturated heterocycles. The molecule has 252 valence electrons. The highest BCUT2D eigenvalue weighted by atomic mass is 33.1. The number of aliphatic hydroxyl groups excluding tert-OH is 4. The Morgan fingerprint density at radius 3 is 2.24 bits per heavy atom. The van der Waals surface area contributed by atoms with Crippen molar-refractivity contribution < 1.29 is 59.1 Å². The normalized spacial score (nSPS) is 21.9. The van der Waals surface area contributed by atoms with Crippen molar-refractivity contribution in [3.63, 3.8) is 0 Å². The summed E-state index contributed by atoms with van der Waals surface area (Å²) in [5.74, 6) is -0.0349. The Balaban J connectivity index is 1.61. The summed E-state index contributed by atoms with van der Waals surface area (Å²) in [5.41, 5.74) is 0.575. The van der Waals surface area contributed by atoms with E-state index in [4.69, 9.17) is 23.7 Å². The second kappa shape index (κ2) is 18.2. The maximum absolute atomic E-state index is 13.3. The number of hydrogen-bond acceptors (Lipinski definition) is 14. The topological polar surface area (TPSA) is 185 Å². The van der Waals surface area contributed by atoms with Crippen molar-refractivity contribution in [1.29, 1.82) is 0 Å². The number of aryl methyl sites for hydroxylation is 1. The van der Waals surface area contributed by atoms with E-state index < -0.39 is 48.8 Å². The van der Waals surface area contributed by atoms with Gasteiger partial charge in [0.25, 0.3) is 0 Å². The number of phenolic OH excluding ortho intramolecular Hbond substituents is 2. The molecule has 0 saturated carbocycles. The fourth-order valence-corrected chi connectivity index (χ4v) is 6.36. The summed E-state index contributed by atoms with van der Waals surface area (Å²) in [6, 6.07) is 8.94. The molecule has 3 rings (SSSR count). The van der Waals surface area contributed by atoms with E-state index in [1.165, 1.54) is 24.3 Å². The molecule has 1 heterocycles. The van der Waals surface area contributed by atoms with Crippen LogP contribution in [-0.4, -0.2) is 117 Å². The van der Waals surface area contributed by atoms with Crippen LogP contribution in [0.4, 0.5) is 0 Å². The van der Waals surface area contributed by atoms with Gasteiger partial charge in [0.05, 0.1) is 33.0 Å². The van der Waals surface area contributed by atoms with Crippen LogP contribution in [0.15, 0.2) is 36.4 Å². The summed E-state index contributed by atoms with van der Waals surface area (Å²) in [5, 5.41) is 60.7. The Kier molecular flexibility index (Phi) is 15.0. The lowest BCUT2D eigenvalue weighted by Crippen LogP contribution is -2.60. The largest absolute Gasteiger partial charge is 0.508 e. The Morgan fingerprint density at radius 1 is 0.911 bits per heavy atom. The summed E-state index contributed by atoms with van der Waals surface area (Å²) in [7, 11) is 3.57. The van der Waals surface area contributed by atoms with E-state index in [-0.39, 0.29) is 47.2 Å². The molecule has 6 N–H and O–H groups in total. The van der Waals surface area contributed by atoms with E-state index in [0.717, 1.165) is 11.3 Å². The van der Waals surface area contributed by atoms with Crippen LogP contribution in [0.3, 0.4) is 0 Å². The molecule has 14 heteroatoms. The summed E-state index contributed by atoms with van der Waals surface area (Å²) < 4.78 is 28.3.